The van der Waals surface area contributed by atoms with E-state index < -0.39 is 12.0 Å². The molecule has 1 saturated heterocycles. The highest BCUT2D eigenvalue weighted by atomic mass is 32.1. The molecular formula is C17H18N4O3S. The van der Waals surface area contributed by atoms with E-state index in [0.29, 0.717) is 17.3 Å². The van der Waals surface area contributed by atoms with Gasteiger partial charge in [0.2, 0.25) is 0 Å². The second kappa shape index (κ2) is 6.51. The summed E-state index contributed by atoms with van der Waals surface area (Å²) in [4.78, 5) is 38.9. The third kappa shape index (κ3) is 2.90. The molecule has 8 heteroatoms. The summed E-state index contributed by atoms with van der Waals surface area (Å²) in [6.45, 7) is 0. The van der Waals surface area contributed by atoms with Gasteiger partial charge in [-0.1, -0.05) is 12.8 Å². The summed E-state index contributed by atoms with van der Waals surface area (Å²) in [5.41, 5.74) is 0.282. The zero-order valence-electron chi connectivity index (χ0n) is 13.5. The molecule has 1 N–H and O–H groups in total. The summed E-state index contributed by atoms with van der Waals surface area (Å²) in [7, 11) is 0. The minimum atomic E-state index is -0.926. The van der Waals surface area contributed by atoms with E-state index in [0.717, 1.165) is 25.7 Å². The number of amides is 1. The average Bonchev–Trinajstić information content (AvgIpc) is 3.27. The quantitative estimate of drug-likeness (QED) is 0.905. The number of carboxylic acids is 1. The van der Waals surface area contributed by atoms with E-state index in [9.17, 15) is 14.7 Å². The van der Waals surface area contributed by atoms with Crippen LogP contribution >= 0.6 is 11.3 Å². The number of nitrogens with zero attached hydrogens (tertiary/aromatic N) is 4. The van der Waals surface area contributed by atoms with Gasteiger partial charge in [0.15, 0.2) is 10.8 Å². The van der Waals surface area contributed by atoms with Crippen molar-refractivity contribution in [2.45, 2.75) is 44.2 Å². The predicted molar refractivity (Wildman–Crippen MR) is 91.1 cm³/mol. The van der Waals surface area contributed by atoms with E-state index in [2.05, 4.69) is 15.0 Å². The summed E-state index contributed by atoms with van der Waals surface area (Å²) in [5, 5.41) is 11.8. The average molecular weight is 358 g/mol. The third-order valence-electron chi connectivity index (χ3n) is 5.09. The molecule has 3 heterocycles. The summed E-state index contributed by atoms with van der Waals surface area (Å²) in [6, 6.07) is 0.979. The highest BCUT2D eigenvalue weighted by molar-refractivity contribution is 7.13. The van der Waals surface area contributed by atoms with Gasteiger partial charge in [0.05, 0.1) is 0 Å². The topological polar surface area (TPSA) is 96.3 Å². The number of rotatable bonds is 3. The fourth-order valence-electron chi connectivity index (χ4n) is 3.99. The maximum absolute atomic E-state index is 13.0. The minimum absolute atomic E-state index is 0.0143. The molecule has 3 atom stereocenters. The first kappa shape index (κ1) is 16.1. The van der Waals surface area contributed by atoms with Gasteiger partial charge in [-0.3, -0.25) is 4.79 Å². The molecule has 0 unspecified atom stereocenters. The van der Waals surface area contributed by atoms with Crippen molar-refractivity contribution >= 4 is 23.2 Å². The first-order valence-electron chi connectivity index (χ1n) is 8.43. The number of likely N-dealkylation sites (tertiary alicyclic amines) is 1. The largest absolute Gasteiger partial charge is 0.480 e. The van der Waals surface area contributed by atoms with E-state index >= 15 is 0 Å². The molecule has 2 aliphatic rings. The fourth-order valence-corrected chi connectivity index (χ4v) is 4.73. The first-order valence-corrected chi connectivity index (χ1v) is 9.31. The molecular weight excluding hydrogens is 340 g/mol. The predicted octanol–water partition coefficient (Wildman–Crippen LogP) is 2.46. The second-order valence-corrected chi connectivity index (χ2v) is 7.38. The van der Waals surface area contributed by atoms with Gasteiger partial charge >= 0.3 is 5.97 Å². The smallest absolute Gasteiger partial charge is 0.326 e. The lowest BCUT2D eigenvalue weighted by Gasteiger charge is -2.32. The van der Waals surface area contributed by atoms with Crippen molar-refractivity contribution in [3.05, 3.63) is 29.5 Å². The van der Waals surface area contributed by atoms with Crippen molar-refractivity contribution in [2.24, 2.45) is 5.92 Å². The lowest BCUT2D eigenvalue weighted by Crippen LogP contribution is -2.46. The van der Waals surface area contributed by atoms with Crippen molar-refractivity contribution in [2.75, 3.05) is 0 Å². The lowest BCUT2D eigenvalue weighted by molar-refractivity contribution is -0.141. The van der Waals surface area contributed by atoms with Crippen LogP contribution < -0.4 is 0 Å². The van der Waals surface area contributed by atoms with Gasteiger partial charge in [0.1, 0.15) is 11.7 Å². The first-order chi connectivity index (χ1) is 12.1. The summed E-state index contributed by atoms with van der Waals surface area (Å²) in [5.74, 6) is -0.461. The van der Waals surface area contributed by atoms with Crippen LogP contribution in [0.1, 0.15) is 42.6 Å². The molecule has 0 bridgehead atoms. The molecule has 0 spiro atoms. The molecule has 1 aliphatic carbocycles. The summed E-state index contributed by atoms with van der Waals surface area (Å²) < 4.78 is 0. The second-order valence-electron chi connectivity index (χ2n) is 6.52. The van der Waals surface area contributed by atoms with E-state index in [4.69, 9.17) is 0 Å². The van der Waals surface area contributed by atoms with Crippen molar-refractivity contribution in [3.8, 4) is 10.8 Å². The number of hydrogen-bond donors (Lipinski definition) is 1. The summed E-state index contributed by atoms with van der Waals surface area (Å²) in [6.07, 6.45) is 7.82. The van der Waals surface area contributed by atoms with Crippen LogP contribution in [-0.2, 0) is 4.79 Å². The molecule has 1 aliphatic heterocycles. The molecule has 0 radical (unpaired) electrons. The van der Waals surface area contributed by atoms with Crippen molar-refractivity contribution < 1.29 is 14.7 Å². The van der Waals surface area contributed by atoms with Crippen LogP contribution in [0, 0.1) is 5.92 Å². The maximum atomic E-state index is 13.0. The normalized spacial score (nSPS) is 25.6. The van der Waals surface area contributed by atoms with E-state index in [1.807, 2.05) is 0 Å². The van der Waals surface area contributed by atoms with Crippen LogP contribution in [0.15, 0.2) is 23.8 Å². The molecule has 2 aromatic rings. The van der Waals surface area contributed by atoms with Gasteiger partial charge in [-0.25, -0.2) is 19.7 Å². The Morgan fingerprint density at radius 1 is 1.20 bits per heavy atom. The van der Waals surface area contributed by atoms with Crippen LogP contribution in [0.4, 0.5) is 0 Å². The Kier molecular flexibility index (Phi) is 4.20. The Hall–Kier alpha value is -2.35. The van der Waals surface area contributed by atoms with E-state index in [1.54, 1.807) is 28.7 Å². The van der Waals surface area contributed by atoms with Crippen LogP contribution in [0.25, 0.3) is 10.8 Å². The van der Waals surface area contributed by atoms with Crippen molar-refractivity contribution in [1.82, 2.24) is 19.9 Å². The standard InChI is InChI=1S/C17H18N4O3S/c22-16(11-9-25-15(20-11)14-18-6-3-7-19-14)21-12-5-2-1-4-10(12)8-13(21)17(23)24/h3,6-7,9-10,12-13H,1-2,4-5,8H2,(H,23,24)/t10-,12-,13+/m1/s1. The van der Waals surface area contributed by atoms with Crippen LogP contribution in [0.2, 0.25) is 0 Å². The Morgan fingerprint density at radius 2 is 1.96 bits per heavy atom. The molecule has 2 aromatic heterocycles. The number of aromatic nitrogens is 3. The van der Waals surface area contributed by atoms with Gasteiger partial charge in [0.25, 0.3) is 5.91 Å². The maximum Gasteiger partial charge on any atom is 0.326 e. The van der Waals surface area contributed by atoms with Crippen LogP contribution in [0.3, 0.4) is 0 Å². The van der Waals surface area contributed by atoms with Gasteiger partial charge in [0, 0.05) is 23.8 Å². The third-order valence-corrected chi connectivity index (χ3v) is 5.93. The number of carbonyl (C=O) groups is 2. The SMILES string of the molecule is O=C(O)[C@@H]1C[C@H]2CCCC[C@H]2N1C(=O)c1csc(-c2ncccn2)n1. The number of carbonyl (C=O) groups excluding carboxylic acids is 1. The molecule has 0 aromatic carbocycles. The minimum Gasteiger partial charge on any atom is -0.480 e. The molecule has 25 heavy (non-hydrogen) atoms. The highest BCUT2D eigenvalue weighted by Gasteiger charge is 2.48. The zero-order chi connectivity index (χ0) is 17.4. The van der Waals surface area contributed by atoms with Crippen molar-refractivity contribution in [1.29, 1.82) is 0 Å². The van der Waals surface area contributed by atoms with Gasteiger partial charge in [-0.05, 0) is 31.2 Å². The van der Waals surface area contributed by atoms with Crippen LogP contribution in [-0.4, -0.2) is 48.9 Å². The van der Waals surface area contributed by atoms with Gasteiger partial charge < -0.3 is 10.0 Å². The van der Waals surface area contributed by atoms with Crippen LogP contribution in [0.5, 0.6) is 0 Å². The molecule has 130 valence electrons. The number of thiazole rings is 1. The van der Waals surface area contributed by atoms with E-state index in [-0.39, 0.29) is 23.6 Å². The Morgan fingerprint density at radius 3 is 2.72 bits per heavy atom. The number of carboxylic acid groups (broad SMARTS) is 1. The Balaban J connectivity index is 1.63. The molecule has 4 rings (SSSR count). The number of fused-ring (bicyclic) bond motifs is 1. The molecule has 1 saturated carbocycles. The zero-order valence-corrected chi connectivity index (χ0v) is 14.4. The molecule has 1 amide bonds. The number of hydrogen-bond acceptors (Lipinski definition) is 6. The molecule has 7 nitrogen and oxygen atoms in total. The molecule has 2 fully saturated rings. The van der Waals surface area contributed by atoms with Crippen molar-refractivity contribution in [3.63, 3.8) is 0 Å². The Bertz CT molecular complexity index is 794. The summed E-state index contributed by atoms with van der Waals surface area (Å²) >= 11 is 1.30. The monoisotopic (exact) mass is 358 g/mol. The van der Waals surface area contributed by atoms with E-state index in [1.165, 1.54) is 11.3 Å². The fraction of sp³-hybridized carbons (Fsp3) is 0.471. The van der Waals surface area contributed by atoms with Gasteiger partial charge in [-0.15, -0.1) is 11.3 Å². The Labute approximate surface area is 148 Å². The lowest BCUT2D eigenvalue weighted by atomic mass is 9.84. The number of aliphatic carboxylic acids is 1. The van der Waals surface area contributed by atoms with Gasteiger partial charge in [-0.2, -0.15) is 0 Å². The highest BCUT2D eigenvalue weighted by Crippen LogP contribution is 2.40.